The van der Waals surface area contributed by atoms with Gasteiger partial charge >= 0.3 is 6.36 Å². The molecule has 0 aromatic heterocycles. The summed E-state index contributed by atoms with van der Waals surface area (Å²) in [5.41, 5.74) is 0.867. The van der Waals surface area contributed by atoms with Gasteiger partial charge in [-0.05, 0) is 36.6 Å². The Labute approximate surface area is 114 Å². The highest BCUT2D eigenvalue weighted by atomic mass is 35.5. The van der Waals surface area contributed by atoms with Crippen LogP contribution in [-0.4, -0.2) is 19.5 Å². The molecule has 1 atom stereocenters. The minimum absolute atomic E-state index is 0. The topological polar surface area (TPSA) is 21.3 Å². The maximum atomic E-state index is 12.0. The van der Waals surface area contributed by atoms with Crippen LogP contribution in [0, 0.1) is 0 Å². The third-order valence-corrected chi connectivity index (χ3v) is 3.03. The molecule has 7 heteroatoms. The monoisotopic (exact) mass is 301 g/mol. The Morgan fingerprint density at radius 2 is 2.06 bits per heavy atom. The summed E-state index contributed by atoms with van der Waals surface area (Å²) >= 11 is 5.96. The molecule has 2 rings (SSSR count). The smallest absolute Gasteiger partial charge is 0.406 e. The van der Waals surface area contributed by atoms with Gasteiger partial charge in [-0.25, -0.2) is 0 Å². The average molecular weight is 302 g/mol. The number of nitrogens with one attached hydrogen (secondary N) is 1. The van der Waals surface area contributed by atoms with Gasteiger partial charge in [0.05, 0.1) is 0 Å². The van der Waals surface area contributed by atoms with Crippen LogP contribution in [0.3, 0.4) is 0 Å². The number of halogens is 5. The zero-order valence-electron chi connectivity index (χ0n) is 9.26. The summed E-state index contributed by atoms with van der Waals surface area (Å²) in [4.78, 5) is 0. The van der Waals surface area contributed by atoms with Gasteiger partial charge in [-0.15, -0.1) is 25.6 Å². The van der Waals surface area contributed by atoms with Gasteiger partial charge < -0.3 is 10.1 Å². The minimum atomic E-state index is -4.68. The van der Waals surface area contributed by atoms with E-state index in [0.29, 0.717) is 5.02 Å². The van der Waals surface area contributed by atoms with Crippen LogP contribution in [0.2, 0.25) is 5.02 Å². The van der Waals surface area contributed by atoms with E-state index in [9.17, 15) is 13.2 Å². The molecule has 1 aromatic carbocycles. The predicted molar refractivity (Wildman–Crippen MR) is 65.6 cm³/mol. The van der Waals surface area contributed by atoms with Crippen LogP contribution in [0.4, 0.5) is 13.2 Å². The minimum Gasteiger partial charge on any atom is -0.406 e. The SMILES string of the molecule is Cl.FC(F)(F)Oc1ccc(C2CCNC2)c(Cl)c1. The lowest BCUT2D eigenvalue weighted by atomic mass is 9.98. The molecular formula is C11H12Cl2F3NO. The van der Waals surface area contributed by atoms with Crippen LogP contribution in [-0.2, 0) is 0 Å². The van der Waals surface area contributed by atoms with E-state index in [2.05, 4.69) is 10.1 Å². The van der Waals surface area contributed by atoms with E-state index in [1.165, 1.54) is 12.1 Å². The van der Waals surface area contributed by atoms with Crippen LogP contribution in [0.1, 0.15) is 17.9 Å². The van der Waals surface area contributed by atoms with Gasteiger partial charge in [0.15, 0.2) is 0 Å². The number of hydrogen-bond donors (Lipinski definition) is 1. The Morgan fingerprint density at radius 1 is 1.33 bits per heavy atom. The van der Waals surface area contributed by atoms with Crippen molar-refractivity contribution in [3.05, 3.63) is 28.8 Å². The van der Waals surface area contributed by atoms with Gasteiger partial charge in [0.1, 0.15) is 5.75 Å². The van der Waals surface area contributed by atoms with Crippen molar-refractivity contribution in [2.24, 2.45) is 0 Å². The second-order valence-corrected chi connectivity index (χ2v) is 4.33. The highest BCUT2D eigenvalue weighted by Gasteiger charge is 2.31. The molecule has 1 heterocycles. The fourth-order valence-corrected chi connectivity index (χ4v) is 2.28. The summed E-state index contributed by atoms with van der Waals surface area (Å²) in [6.07, 6.45) is -3.74. The van der Waals surface area contributed by atoms with E-state index in [-0.39, 0.29) is 24.1 Å². The molecule has 0 amide bonds. The molecule has 1 saturated heterocycles. The standard InChI is InChI=1S/C11H11ClF3NO.ClH/c12-10-5-8(17-11(13,14)15)1-2-9(10)7-3-4-16-6-7;/h1-2,5,7,16H,3-4,6H2;1H. The van der Waals surface area contributed by atoms with Gasteiger partial charge in [0, 0.05) is 11.6 Å². The Hall–Kier alpha value is -0.650. The third-order valence-electron chi connectivity index (χ3n) is 2.71. The van der Waals surface area contributed by atoms with Crippen molar-refractivity contribution in [2.45, 2.75) is 18.7 Å². The molecule has 0 aliphatic carbocycles. The Bertz CT molecular complexity index is 406. The molecule has 1 aliphatic heterocycles. The van der Waals surface area contributed by atoms with Gasteiger partial charge in [-0.3, -0.25) is 0 Å². The first-order chi connectivity index (χ1) is 7.96. The molecule has 1 unspecified atom stereocenters. The molecule has 0 radical (unpaired) electrons. The van der Waals surface area contributed by atoms with E-state index in [1.807, 2.05) is 0 Å². The lowest BCUT2D eigenvalue weighted by Crippen LogP contribution is -2.17. The van der Waals surface area contributed by atoms with Gasteiger partial charge in [-0.1, -0.05) is 17.7 Å². The van der Waals surface area contributed by atoms with Gasteiger partial charge in [0.2, 0.25) is 0 Å². The van der Waals surface area contributed by atoms with Crippen LogP contribution >= 0.6 is 24.0 Å². The fourth-order valence-electron chi connectivity index (χ4n) is 1.96. The van der Waals surface area contributed by atoms with Crippen LogP contribution < -0.4 is 10.1 Å². The summed E-state index contributed by atoms with van der Waals surface area (Å²) < 4.78 is 39.8. The number of hydrogen-bond acceptors (Lipinski definition) is 2. The molecule has 102 valence electrons. The van der Waals surface area contributed by atoms with E-state index >= 15 is 0 Å². The average Bonchev–Trinajstić information content (AvgIpc) is 2.68. The van der Waals surface area contributed by atoms with Crippen LogP contribution in [0.5, 0.6) is 5.75 Å². The Balaban J connectivity index is 0.00000162. The molecule has 1 fully saturated rings. The van der Waals surface area contributed by atoms with Crippen molar-refractivity contribution in [2.75, 3.05) is 13.1 Å². The van der Waals surface area contributed by atoms with E-state index in [4.69, 9.17) is 11.6 Å². The second-order valence-electron chi connectivity index (χ2n) is 3.92. The van der Waals surface area contributed by atoms with Crippen LogP contribution in [0.15, 0.2) is 18.2 Å². The molecule has 0 bridgehead atoms. The number of benzene rings is 1. The molecule has 1 aromatic rings. The number of alkyl halides is 3. The molecule has 0 saturated carbocycles. The summed E-state index contributed by atoms with van der Waals surface area (Å²) in [7, 11) is 0. The Kier molecular flexibility index (Phi) is 5.13. The van der Waals surface area contributed by atoms with E-state index < -0.39 is 6.36 Å². The summed E-state index contributed by atoms with van der Waals surface area (Å²) in [6, 6.07) is 4.11. The van der Waals surface area contributed by atoms with Gasteiger partial charge in [-0.2, -0.15) is 0 Å². The molecular weight excluding hydrogens is 290 g/mol. The molecule has 18 heavy (non-hydrogen) atoms. The van der Waals surface area contributed by atoms with Crippen molar-refractivity contribution >= 4 is 24.0 Å². The van der Waals surface area contributed by atoms with Crippen molar-refractivity contribution in [3.8, 4) is 5.75 Å². The first-order valence-electron chi connectivity index (χ1n) is 5.21. The normalized spacial score (nSPS) is 19.4. The summed E-state index contributed by atoms with van der Waals surface area (Å²) in [6.45, 7) is 1.71. The predicted octanol–water partition coefficient (Wildman–Crippen LogP) is 3.74. The zero-order valence-corrected chi connectivity index (χ0v) is 10.8. The molecule has 1 aliphatic rings. The molecule has 1 N–H and O–H groups in total. The quantitative estimate of drug-likeness (QED) is 0.898. The number of rotatable bonds is 2. The summed E-state index contributed by atoms with van der Waals surface area (Å²) in [5.74, 6) is -0.0142. The maximum Gasteiger partial charge on any atom is 0.573 e. The van der Waals surface area contributed by atoms with Crippen molar-refractivity contribution in [1.82, 2.24) is 5.32 Å². The number of ether oxygens (including phenoxy) is 1. The summed E-state index contributed by atoms with van der Waals surface area (Å²) in [5, 5.41) is 3.50. The molecule has 0 spiro atoms. The van der Waals surface area contributed by atoms with E-state index in [0.717, 1.165) is 25.1 Å². The van der Waals surface area contributed by atoms with Crippen LogP contribution in [0.25, 0.3) is 0 Å². The third kappa shape index (κ3) is 3.93. The van der Waals surface area contributed by atoms with Crippen molar-refractivity contribution in [1.29, 1.82) is 0 Å². The zero-order chi connectivity index (χ0) is 12.5. The van der Waals surface area contributed by atoms with Crippen molar-refractivity contribution < 1.29 is 17.9 Å². The van der Waals surface area contributed by atoms with E-state index in [1.54, 1.807) is 6.07 Å². The maximum absolute atomic E-state index is 12.0. The lowest BCUT2D eigenvalue weighted by Gasteiger charge is -2.13. The highest BCUT2D eigenvalue weighted by Crippen LogP contribution is 2.33. The second kappa shape index (κ2) is 5.99. The lowest BCUT2D eigenvalue weighted by molar-refractivity contribution is -0.274. The first-order valence-corrected chi connectivity index (χ1v) is 5.59. The Morgan fingerprint density at radius 3 is 2.56 bits per heavy atom. The van der Waals surface area contributed by atoms with Crippen molar-refractivity contribution in [3.63, 3.8) is 0 Å². The molecule has 2 nitrogen and oxygen atoms in total. The highest BCUT2D eigenvalue weighted by molar-refractivity contribution is 6.31. The fraction of sp³-hybridized carbons (Fsp3) is 0.455. The first kappa shape index (κ1) is 15.4. The largest absolute Gasteiger partial charge is 0.573 e. The van der Waals surface area contributed by atoms with Gasteiger partial charge in [0.25, 0.3) is 0 Å².